The molecule has 1 aromatic carbocycles. The lowest BCUT2D eigenvalue weighted by molar-refractivity contribution is 0.0454. The van der Waals surface area contributed by atoms with Crippen molar-refractivity contribution in [2.45, 2.75) is 5.85 Å². The fourth-order valence-electron chi connectivity index (χ4n) is 2.08. The van der Waals surface area contributed by atoms with Crippen LogP contribution in [0.15, 0.2) is 12.1 Å². The molecule has 0 bridgehead atoms. The zero-order valence-corrected chi connectivity index (χ0v) is 12.4. The van der Waals surface area contributed by atoms with Crippen LogP contribution in [-0.2, 0) is 18.3 Å². The minimum atomic E-state index is -3.59. The standard InChI is InChI=1S/C12H15O7P/c1-15-8-6-5-7-9(10(8)16-2)11(13)19-12(7)20(14,17-3)18-4/h5-6,12H,1-4H3. The van der Waals surface area contributed by atoms with Crippen LogP contribution in [0.4, 0.5) is 0 Å². The molecule has 8 heteroatoms. The number of fused-ring (bicyclic) bond motifs is 1. The maximum absolute atomic E-state index is 12.4. The van der Waals surface area contributed by atoms with Gasteiger partial charge < -0.3 is 23.3 Å². The van der Waals surface area contributed by atoms with Crippen LogP contribution in [0.25, 0.3) is 0 Å². The number of carbonyl (C=O) groups excluding carboxylic acids is 1. The highest BCUT2D eigenvalue weighted by atomic mass is 31.2. The summed E-state index contributed by atoms with van der Waals surface area (Å²) in [4.78, 5) is 12.0. The fourth-order valence-corrected chi connectivity index (χ4v) is 3.40. The zero-order chi connectivity index (χ0) is 14.9. The zero-order valence-electron chi connectivity index (χ0n) is 11.5. The van der Waals surface area contributed by atoms with Gasteiger partial charge in [0.2, 0.25) is 5.85 Å². The molecule has 0 N–H and O–H groups in total. The summed E-state index contributed by atoms with van der Waals surface area (Å²) in [5.41, 5.74) is 0.561. The van der Waals surface area contributed by atoms with Crippen molar-refractivity contribution in [1.82, 2.24) is 0 Å². The van der Waals surface area contributed by atoms with Crippen molar-refractivity contribution < 1.29 is 32.6 Å². The van der Waals surface area contributed by atoms with Crippen LogP contribution in [0.2, 0.25) is 0 Å². The van der Waals surface area contributed by atoms with Gasteiger partial charge in [-0.2, -0.15) is 0 Å². The van der Waals surface area contributed by atoms with Crippen molar-refractivity contribution in [1.29, 1.82) is 0 Å². The number of esters is 1. The van der Waals surface area contributed by atoms with E-state index in [9.17, 15) is 9.36 Å². The predicted octanol–water partition coefficient (Wildman–Crippen LogP) is 2.36. The Bertz CT molecular complexity index is 575. The van der Waals surface area contributed by atoms with Crippen molar-refractivity contribution in [3.05, 3.63) is 23.3 Å². The molecule has 0 fully saturated rings. The monoisotopic (exact) mass is 302 g/mol. The maximum Gasteiger partial charge on any atom is 0.375 e. The summed E-state index contributed by atoms with van der Waals surface area (Å²) in [7, 11) is 1.74. The first-order chi connectivity index (χ1) is 9.52. The second-order valence-electron chi connectivity index (χ2n) is 3.93. The van der Waals surface area contributed by atoms with Gasteiger partial charge in [0, 0.05) is 19.8 Å². The van der Waals surface area contributed by atoms with Gasteiger partial charge in [-0.15, -0.1) is 0 Å². The van der Waals surface area contributed by atoms with Gasteiger partial charge >= 0.3 is 13.6 Å². The van der Waals surface area contributed by atoms with Gasteiger partial charge in [0.25, 0.3) is 0 Å². The highest BCUT2D eigenvalue weighted by Gasteiger charge is 2.47. The van der Waals surface area contributed by atoms with E-state index in [1.807, 2.05) is 0 Å². The molecule has 1 aliphatic heterocycles. The average Bonchev–Trinajstić information content (AvgIpc) is 2.83. The highest BCUT2D eigenvalue weighted by molar-refractivity contribution is 7.54. The third-order valence-electron chi connectivity index (χ3n) is 3.06. The lowest BCUT2D eigenvalue weighted by Gasteiger charge is -2.19. The summed E-state index contributed by atoms with van der Waals surface area (Å²) in [6.45, 7) is 0. The number of ether oxygens (including phenoxy) is 3. The molecule has 7 nitrogen and oxygen atoms in total. The van der Waals surface area contributed by atoms with Crippen LogP contribution in [0.1, 0.15) is 21.8 Å². The van der Waals surface area contributed by atoms with Gasteiger partial charge in [0.15, 0.2) is 11.5 Å². The molecule has 1 unspecified atom stereocenters. The minimum absolute atomic E-state index is 0.172. The average molecular weight is 302 g/mol. The molecule has 1 aromatic rings. The van der Waals surface area contributed by atoms with Crippen LogP contribution in [0, 0.1) is 0 Å². The molecule has 1 atom stereocenters. The molecule has 0 spiro atoms. The van der Waals surface area contributed by atoms with Crippen molar-refractivity contribution >= 4 is 13.6 Å². The van der Waals surface area contributed by atoms with Crippen LogP contribution < -0.4 is 9.47 Å². The van der Waals surface area contributed by atoms with Crippen LogP contribution in [-0.4, -0.2) is 34.4 Å². The lowest BCUT2D eigenvalue weighted by atomic mass is 10.1. The van der Waals surface area contributed by atoms with Crippen molar-refractivity contribution in [3.8, 4) is 11.5 Å². The first-order valence-corrected chi connectivity index (χ1v) is 7.30. The smallest absolute Gasteiger partial charge is 0.375 e. The Hall–Kier alpha value is -1.56. The van der Waals surface area contributed by atoms with E-state index in [0.29, 0.717) is 11.3 Å². The number of methoxy groups -OCH3 is 2. The van der Waals surface area contributed by atoms with E-state index in [2.05, 4.69) is 0 Å². The molecular formula is C12H15O7P. The quantitative estimate of drug-likeness (QED) is 0.610. The Morgan fingerprint density at radius 1 is 1.10 bits per heavy atom. The molecule has 0 radical (unpaired) electrons. The number of hydrogen-bond acceptors (Lipinski definition) is 7. The molecular weight excluding hydrogens is 287 g/mol. The molecule has 2 rings (SSSR count). The second kappa shape index (κ2) is 5.44. The molecule has 0 amide bonds. The Morgan fingerprint density at radius 3 is 2.25 bits per heavy atom. The van der Waals surface area contributed by atoms with E-state index in [4.69, 9.17) is 23.3 Å². The first kappa shape index (κ1) is 14.8. The summed E-state index contributed by atoms with van der Waals surface area (Å²) in [6.07, 6.45) is 0. The second-order valence-corrected chi connectivity index (χ2v) is 6.21. The van der Waals surface area contributed by atoms with E-state index in [1.54, 1.807) is 12.1 Å². The van der Waals surface area contributed by atoms with E-state index in [1.165, 1.54) is 28.4 Å². The first-order valence-electron chi connectivity index (χ1n) is 5.69. The summed E-state index contributed by atoms with van der Waals surface area (Å²) in [6, 6.07) is 3.18. The third kappa shape index (κ3) is 2.08. The summed E-state index contributed by atoms with van der Waals surface area (Å²) in [5.74, 6) is -1.15. The summed E-state index contributed by atoms with van der Waals surface area (Å²) < 4.78 is 37.6. The van der Waals surface area contributed by atoms with Crippen LogP contribution in [0.3, 0.4) is 0 Å². The molecule has 0 saturated heterocycles. The molecule has 20 heavy (non-hydrogen) atoms. The van der Waals surface area contributed by atoms with Gasteiger partial charge in [0.05, 0.1) is 14.2 Å². The van der Waals surface area contributed by atoms with Crippen molar-refractivity contribution in [2.24, 2.45) is 0 Å². The van der Waals surface area contributed by atoms with Crippen molar-refractivity contribution in [3.63, 3.8) is 0 Å². The number of benzene rings is 1. The van der Waals surface area contributed by atoms with Crippen molar-refractivity contribution in [2.75, 3.05) is 28.4 Å². The topological polar surface area (TPSA) is 80.3 Å². The number of hydrogen-bond donors (Lipinski definition) is 0. The molecule has 110 valence electrons. The third-order valence-corrected chi connectivity index (χ3v) is 5.04. The molecule has 0 saturated carbocycles. The minimum Gasteiger partial charge on any atom is -0.493 e. The molecule has 1 aliphatic rings. The Balaban J connectivity index is 2.61. The normalized spacial score (nSPS) is 17.6. The van der Waals surface area contributed by atoms with Crippen LogP contribution in [0.5, 0.6) is 11.5 Å². The van der Waals surface area contributed by atoms with Gasteiger partial charge in [-0.1, -0.05) is 0 Å². The van der Waals surface area contributed by atoms with E-state index < -0.39 is 19.4 Å². The summed E-state index contributed by atoms with van der Waals surface area (Å²) in [5, 5.41) is 0. The van der Waals surface area contributed by atoms with Gasteiger partial charge in [-0.25, -0.2) is 4.79 Å². The number of carbonyl (C=O) groups is 1. The van der Waals surface area contributed by atoms with E-state index in [-0.39, 0.29) is 11.3 Å². The molecule has 0 aromatic heterocycles. The van der Waals surface area contributed by atoms with E-state index in [0.717, 1.165) is 0 Å². The Kier molecular flexibility index (Phi) is 4.04. The maximum atomic E-state index is 12.4. The largest absolute Gasteiger partial charge is 0.493 e. The Morgan fingerprint density at radius 2 is 1.75 bits per heavy atom. The number of cyclic esters (lactones) is 1. The predicted molar refractivity (Wildman–Crippen MR) is 69.3 cm³/mol. The highest BCUT2D eigenvalue weighted by Crippen LogP contribution is 2.64. The number of rotatable bonds is 5. The SMILES string of the molecule is COc1ccc2c(c1OC)C(=O)OC2P(=O)(OC)OC. The van der Waals surface area contributed by atoms with Gasteiger partial charge in [-0.3, -0.25) is 4.57 Å². The fraction of sp³-hybridized carbons (Fsp3) is 0.417. The Labute approximate surface area is 116 Å². The van der Waals surface area contributed by atoms with Gasteiger partial charge in [0.1, 0.15) is 5.56 Å². The summed E-state index contributed by atoms with van der Waals surface area (Å²) >= 11 is 0. The molecule has 0 aliphatic carbocycles. The lowest BCUT2D eigenvalue weighted by Crippen LogP contribution is -2.03. The van der Waals surface area contributed by atoms with E-state index >= 15 is 0 Å². The van der Waals surface area contributed by atoms with Crippen LogP contribution >= 0.6 is 7.60 Å². The van der Waals surface area contributed by atoms with Gasteiger partial charge in [-0.05, 0) is 12.1 Å². The molecule has 1 heterocycles.